The molecule has 5 heteroatoms. The third kappa shape index (κ3) is 4.93. The number of likely N-dealkylation sites (N-methyl/N-ethyl adjacent to an activating group) is 2. The van der Waals surface area contributed by atoms with Crippen LogP contribution in [0.4, 0.5) is 0 Å². The molecule has 2 aliphatic carbocycles. The van der Waals surface area contributed by atoms with Crippen LogP contribution >= 0.6 is 7.51 Å². The first-order valence-corrected chi connectivity index (χ1v) is 19.9. The van der Waals surface area contributed by atoms with Crippen molar-refractivity contribution in [3.8, 4) is 0 Å². The molecule has 1 unspecified atom stereocenters. The predicted molar refractivity (Wildman–Crippen MR) is 196 cm³/mol. The van der Waals surface area contributed by atoms with Crippen LogP contribution in [0, 0.1) is 11.8 Å². The van der Waals surface area contributed by atoms with Crippen LogP contribution in [0.3, 0.4) is 0 Å². The van der Waals surface area contributed by atoms with Gasteiger partial charge in [-0.15, -0.1) is 0 Å². The maximum absolute atomic E-state index is 6.45. The van der Waals surface area contributed by atoms with Crippen molar-refractivity contribution in [1.29, 1.82) is 0 Å². The minimum Gasteiger partial charge on any atom is -0.244 e. The fourth-order valence-electron chi connectivity index (χ4n) is 10.3. The SMILES string of the molecule is CN1[C@@H](C2CCCCC2)C(c2ccccc2)(c2ccccc2)N=P12NC(c1ccccc1)(c1ccccc1)[C@H](C1CCCCC1)N2C. The van der Waals surface area contributed by atoms with E-state index in [-0.39, 0.29) is 17.6 Å². The van der Waals surface area contributed by atoms with E-state index in [1.54, 1.807) is 0 Å². The van der Waals surface area contributed by atoms with Crippen LogP contribution in [-0.4, -0.2) is 35.5 Å². The van der Waals surface area contributed by atoms with Gasteiger partial charge < -0.3 is 0 Å². The molecule has 244 valence electrons. The molecule has 4 aromatic rings. The van der Waals surface area contributed by atoms with E-state index in [1.807, 2.05) is 0 Å². The topological polar surface area (TPSA) is 30.9 Å². The summed E-state index contributed by atoms with van der Waals surface area (Å²) in [6.07, 6.45) is 13.0. The van der Waals surface area contributed by atoms with Crippen LogP contribution in [0.15, 0.2) is 126 Å². The average molecular weight is 643 g/mol. The standard InChI is InChI=1S/C42H51N4P/c1-45-39(33-21-9-3-10-22-33)41(35-25-13-5-14-26-35,36-27-15-6-16-28-36)43-47(45)44-42(37-29-17-7-18-30-37,38-31-19-8-20-32-38)40(46(47)2)34-23-11-4-12-24-34/h5-8,13-20,25-34,39-40,43H,3-4,9-12,21-24H2,1-2H3/t39-,40-,47?/m0/s1. The third-order valence-corrected chi connectivity index (χ3v) is 15.8. The summed E-state index contributed by atoms with van der Waals surface area (Å²) in [4.78, 5) is 0. The molecule has 1 saturated heterocycles. The second-order valence-corrected chi connectivity index (χ2v) is 17.5. The highest BCUT2D eigenvalue weighted by molar-refractivity contribution is 7.60. The van der Waals surface area contributed by atoms with Gasteiger partial charge in [-0.25, -0.2) is 19.2 Å². The fraction of sp³-hybridized carbons (Fsp3) is 0.429. The van der Waals surface area contributed by atoms with E-state index in [0.717, 1.165) is 0 Å². The molecule has 0 radical (unpaired) electrons. The van der Waals surface area contributed by atoms with Gasteiger partial charge in [0.25, 0.3) is 0 Å². The lowest BCUT2D eigenvalue weighted by atomic mass is 9.69. The molecule has 1 spiro atoms. The lowest BCUT2D eigenvalue weighted by molar-refractivity contribution is 0.156. The molecular formula is C42H51N4P. The molecular weight excluding hydrogens is 591 g/mol. The van der Waals surface area contributed by atoms with E-state index in [2.05, 4.69) is 150 Å². The number of nitrogens with zero attached hydrogens (tertiary/aromatic N) is 3. The quantitative estimate of drug-likeness (QED) is 0.212. The highest BCUT2D eigenvalue weighted by atomic mass is 31.2. The normalized spacial score (nSPS) is 28.4. The van der Waals surface area contributed by atoms with Gasteiger partial charge in [-0.05, 0) is 73.9 Å². The largest absolute Gasteiger partial charge is 0.244 e. The Labute approximate surface area is 282 Å². The van der Waals surface area contributed by atoms with E-state index in [4.69, 9.17) is 4.74 Å². The zero-order chi connectivity index (χ0) is 31.9. The number of benzene rings is 4. The first-order chi connectivity index (χ1) is 23.1. The number of nitrogens with one attached hydrogen (secondary N) is 1. The molecule has 3 atom stereocenters. The highest BCUT2D eigenvalue weighted by Gasteiger charge is 2.66. The van der Waals surface area contributed by atoms with Gasteiger partial charge in [-0.2, -0.15) is 0 Å². The van der Waals surface area contributed by atoms with E-state index >= 15 is 0 Å². The van der Waals surface area contributed by atoms with Crippen molar-refractivity contribution in [2.24, 2.45) is 16.6 Å². The third-order valence-electron chi connectivity index (χ3n) is 12.3. The van der Waals surface area contributed by atoms with Crippen LogP contribution in [0.5, 0.6) is 0 Å². The Hall–Kier alpha value is -3.01. The Morgan fingerprint density at radius 1 is 0.511 bits per heavy atom. The summed E-state index contributed by atoms with van der Waals surface area (Å²) in [5, 5.41) is 4.62. The van der Waals surface area contributed by atoms with Gasteiger partial charge in [0.15, 0.2) is 7.51 Å². The summed E-state index contributed by atoms with van der Waals surface area (Å²) in [5.74, 6) is 1.16. The molecule has 2 heterocycles. The average Bonchev–Trinajstić information content (AvgIpc) is 3.58. The van der Waals surface area contributed by atoms with Crippen LogP contribution in [0.2, 0.25) is 0 Å². The monoisotopic (exact) mass is 642 g/mol. The molecule has 1 N–H and O–H groups in total. The molecule has 3 fully saturated rings. The van der Waals surface area contributed by atoms with E-state index in [1.165, 1.54) is 86.5 Å². The smallest absolute Gasteiger partial charge is 0.167 e. The Morgan fingerprint density at radius 3 is 1.30 bits per heavy atom. The summed E-state index contributed by atoms with van der Waals surface area (Å²) in [7, 11) is 2.40. The van der Waals surface area contributed by atoms with Gasteiger partial charge in [-0.1, -0.05) is 160 Å². The molecule has 0 amide bonds. The van der Waals surface area contributed by atoms with Gasteiger partial charge in [0.1, 0.15) is 5.54 Å². The van der Waals surface area contributed by atoms with Crippen molar-refractivity contribution < 1.29 is 0 Å². The number of hydrogen-bond donors (Lipinski definition) is 1. The second kappa shape index (κ2) is 12.8. The molecule has 4 nitrogen and oxygen atoms in total. The molecule has 0 aromatic heterocycles. The van der Waals surface area contributed by atoms with Gasteiger partial charge in [0.05, 0.1) is 11.6 Å². The lowest BCUT2D eigenvalue weighted by Crippen LogP contribution is -2.51. The van der Waals surface area contributed by atoms with E-state index in [9.17, 15) is 0 Å². The summed E-state index contributed by atoms with van der Waals surface area (Å²) in [6.45, 7) is 0. The summed E-state index contributed by atoms with van der Waals surface area (Å²) in [5.41, 5.74) is 4.51. The predicted octanol–water partition coefficient (Wildman–Crippen LogP) is 10.2. The molecule has 2 aliphatic heterocycles. The van der Waals surface area contributed by atoms with Crippen LogP contribution in [0.1, 0.15) is 86.5 Å². The zero-order valence-electron chi connectivity index (χ0n) is 28.2. The Bertz CT molecular complexity index is 1600. The highest BCUT2D eigenvalue weighted by Crippen LogP contribution is 2.73. The Balaban J connectivity index is 1.44. The van der Waals surface area contributed by atoms with Crippen molar-refractivity contribution in [2.45, 2.75) is 87.4 Å². The Morgan fingerprint density at radius 2 is 0.872 bits per heavy atom. The maximum atomic E-state index is 6.45. The number of hydrogen-bond acceptors (Lipinski definition) is 4. The summed E-state index contributed by atoms with van der Waals surface area (Å²) < 4.78 is 12.1. The fourth-order valence-corrected chi connectivity index (χ4v) is 14.4. The van der Waals surface area contributed by atoms with Crippen LogP contribution < -0.4 is 5.09 Å². The lowest BCUT2D eigenvalue weighted by Gasteiger charge is -2.44. The molecule has 8 rings (SSSR count). The van der Waals surface area contributed by atoms with Gasteiger partial charge >= 0.3 is 0 Å². The summed E-state index contributed by atoms with van der Waals surface area (Å²) in [6, 6.07) is 46.0. The second-order valence-electron chi connectivity index (χ2n) is 14.7. The molecule has 47 heavy (non-hydrogen) atoms. The molecule has 0 bridgehead atoms. The van der Waals surface area contributed by atoms with Crippen molar-refractivity contribution in [2.75, 3.05) is 14.1 Å². The maximum Gasteiger partial charge on any atom is 0.167 e. The van der Waals surface area contributed by atoms with Gasteiger partial charge in [0, 0.05) is 6.04 Å². The molecule has 4 aliphatic rings. The Kier molecular flexibility index (Phi) is 8.51. The van der Waals surface area contributed by atoms with Crippen LogP contribution in [-0.2, 0) is 11.1 Å². The van der Waals surface area contributed by atoms with Gasteiger partial charge in [0.2, 0.25) is 0 Å². The number of rotatable bonds is 6. The molecule has 4 aromatic carbocycles. The zero-order valence-corrected chi connectivity index (χ0v) is 29.1. The first-order valence-electron chi connectivity index (χ1n) is 18.2. The first kappa shape index (κ1) is 31.3. The van der Waals surface area contributed by atoms with Crippen molar-refractivity contribution >= 4 is 7.51 Å². The van der Waals surface area contributed by atoms with E-state index < -0.39 is 13.0 Å². The summed E-state index contributed by atoms with van der Waals surface area (Å²) >= 11 is 0. The van der Waals surface area contributed by atoms with E-state index in [0.29, 0.717) is 11.8 Å². The van der Waals surface area contributed by atoms with Gasteiger partial charge in [-0.3, -0.25) is 0 Å². The van der Waals surface area contributed by atoms with Crippen molar-refractivity contribution in [3.05, 3.63) is 144 Å². The van der Waals surface area contributed by atoms with Crippen LogP contribution in [0.25, 0.3) is 0 Å². The minimum absolute atomic E-state index is 0.255. The van der Waals surface area contributed by atoms with Crippen molar-refractivity contribution in [3.63, 3.8) is 0 Å². The molecule has 2 saturated carbocycles. The minimum atomic E-state index is -2.49. The van der Waals surface area contributed by atoms with Crippen molar-refractivity contribution in [1.82, 2.24) is 14.4 Å².